The Morgan fingerprint density at radius 2 is 1.83 bits per heavy atom. The Morgan fingerprint density at radius 1 is 1.28 bits per heavy atom. The topological polar surface area (TPSA) is 40.5 Å². The maximum absolute atomic E-state index is 12.2. The minimum absolute atomic E-state index is 0.115. The summed E-state index contributed by atoms with van der Waals surface area (Å²) in [6, 6.07) is 3.67. The van der Waals surface area contributed by atoms with Crippen LogP contribution in [0.3, 0.4) is 0 Å². The molecule has 1 heterocycles. The van der Waals surface area contributed by atoms with Gasteiger partial charge in [-0.2, -0.15) is 0 Å². The van der Waals surface area contributed by atoms with Gasteiger partial charge in [0.05, 0.1) is 7.11 Å². The second kappa shape index (κ2) is 4.26. The monoisotopic (exact) mass is 285 g/mol. The van der Waals surface area contributed by atoms with Gasteiger partial charge in [-0.3, -0.25) is 4.79 Å². The van der Waals surface area contributed by atoms with E-state index in [2.05, 4.69) is 0 Å². The first-order valence-corrected chi connectivity index (χ1v) is 9.44. The highest BCUT2D eigenvalue weighted by atomic mass is 35.5. The van der Waals surface area contributed by atoms with Gasteiger partial charge in [-0.25, -0.2) is 0 Å². The van der Waals surface area contributed by atoms with Gasteiger partial charge in [0.15, 0.2) is 14.1 Å². The van der Waals surface area contributed by atoms with Gasteiger partial charge in [0.1, 0.15) is 5.03 Å². The van der Waals surface area contributed by atoms with E-state index in [0.717, 1.165) is 0 Å². The third-order valence-electron chi connectivity index (χ3n) is 2.64. The number of hydrogen-bond donors (Lipinski definition) is 0. The van der Waals surface area contributed by atoms with Crippen LogP contribution >= 0.6 is 11.6 Å². The Bertz CT molecular complexity index is 504. The van der Waals surface area contributed by atoms with Crippen molar-refractivity contribution in [2.24, 2.45) is 0 Å². The summed E-state index contributed by atoms with van der Waals surface area (Å²) in [6.07, 6.45) is 3.56. The van der Waals surface area contributed by atoms with Crippen molar-refractivity contribution < 1.29 is 14.0 Å². The van der Waals surface area contributed by atoms with Crippen molar-refractivity contribution in [3.8, 4) is 0 Å². The summed E-state index contributed by atoms with van der Waals surface area (Å²) < 4.78 is 13.0. The maximum atomic E-state index is 12.2. The molecule has 1 unspecified atom stereocenters. The van der Waals surface area contributed by atoms with E-state index < -0.39 is 14.0 Å². The molecule has 0 saturated heterocycles. The van der Waals surface area contributed by atoms with E-state index >= 15 is 0 Å². The van der Waals surface area contributed by atoms with E-state index in [1.807, 2.05) is 31.8 Å². The SMILES string of the molecule is COC1=C(Cl)C(=O)C1(O[Si](C)(C)C)n1cccc1. The lowest BCUT2D eigenvalue weighted by Gasteiger charge is -2.44. The Labute approximate surface area is 112 Å². The average Bonchev–Trinajstić information content (AvgIpc) is 2.79. The Hall–Kier alpha value is -1.04. The first-order valence-electron chi connectivity index (χ1n) is 5.65. The first kappa shape index (κ1) is 13.4. The van der Waals surface area contributed by atoms with Crippen LogP contribution < -0.4 is 0 Å². The zero-order valence-corrected chi connectivity index (χ0v) is 12.6. The van der Waals surface area contributed by atoms with Crippen molar-refractivity contribution in [1.82, 2.24) is 4.57 Å². The van der Waals surface area contributed by atoms with Crippen LogP contribution in [0.1, 0.15) is 0 Å². The summed E-state index contributed by atoms with van der Waals surface area (Å²) in [5.74, 6) is 0.132. The lowest BCUT2D eigenvalue weighted by Crippen LogP contribution is -2.58. The van der Waals surface area contributed by atoms with E-state index in [1.54, 1.807) is 17.0 Å². The number of ketones is 1. The van der Waals surface area contributed by atoms with Gasteiger partial charge in [0.2, 0.25) is 5.78 Å². The molecule has 0 amide bonds. The zero-order valence-electron chi connectivity index (χ0n) is 10.9. The van der Waals surface area contributed by atoms with Crippen molar-refractivity contribution >= 4 is 25.7 Å². The number of Topliss-reactive ketones (excluding diaryl/α,β-unsaturated/α-hetero) is 1. The minimum atomic E-state index is -1.96. The second-order valence-electron chi connectivity index (χ2n) is 5.13. The molecule has 1 aliphatic carbocycles. The second-order valence-corrected chi connectivity index (χ2v) is 9.93. The smallest absolute Gasteiger partial charge is 0.262 e. The van der Waals surface area contributed by atoms with Gasteiger partial charge in [-0.15, -0.1) is 0 Å². The van der Waals surface area contributed by atoms with Crippen molar-refractivity contribution in [3.63, 3.8) is 0 Å². The molecular formula is C12H16ClNO3Si. The van der Waals surface area contributed by atoms with Crippen LogP contribution in [0.15, 0.2) is 35.3 Å². The Balaban J connectivity index is 2.54. The van der Waals surface area contributed by atoms with Crippen molar-refractivity contribution in [2.45, 2.75) is 25.4 Å². The molecule has 98 valence electrons. The number of hydrogen-bond acceptors (Lipinski definition) is 3. The van der Waals surface area contributed by atoms with Crippen LogP contribution in [0.25, 0.3) is 0 Å². The molecule has 18 heavy (non-hydrogen) atoms. The number of rotatable bonds is 4. The molecule has 0 saturated carbocycles. The van der Waals surface area contributed by atoms with Crippen LogP contribution in [0, 0.1) is 0 Å². The highest BCUT2D eigenvalue weighted by molar-refractivity contribution is 6.70. The molecule has 1 atom stereocenters. The Morgan fingerprint density at radius 3 is 2.28 bits per heavy atom. The van der Waals surface area contributed by atoms with Crippen LogP contribution in [-0.2, 0) is 19.7 Å². The standard InChI is InChI=1S/C12H16ClNO3Si/c1-16-11-9(13)10(15)12(11,17-18(2,3)4)14-7-5-6-8-14/h5-8H,1-4H3. The fourth-order valence-electron chi connectivity index (χ4n) is 2.04. The summed E-state index contributed by atoms with van der Waals surface area (Å²) >= 11 is 5.92. The molecule has 0 spiro atoms. The fourth-order valence-corrected chi connectivity index (χ4v) is 3.55. The van der Waals surface area contributed by atoms with E-state index in [4.69, 9.17) is 20.8 Å². The fraction of sp³-hybridized carbons (Fsp3) is 0.417. The lowest BCUT2D eigenvalue weighted by molar-refractivity contribution is -0.146. The molecular weight excluding hydrogens is 270 g/mol. The van der Waals surface area contributed by atoms with Crippen LogP contribution in [0.2, 0.25) is 19.6 Å². The van der Waals surface area contributed by atoms with Gasteiger partial charge in [0, 0.05) is 12.4 Å². The molecule has 6 heteroatoms. The van der Waals surface area contributed by atoms with E-state index in [9.17, 15) is 4.79 Å². The summed E-state index contributed by atoms with van der Waals surface area (Å²) in [5, 5.41) is 0.115. The highest BCUT2D eigenvalue weighted by Gasteiger charge is 2.59. The van der Waals surface area contributed by atoms with E-state index in [1.165, 1.54) is 7.11 Å². The molecule has 0 fully saturated rings. The number of halogens is 1. The van der Waals surface area contributed by atoms with Gasteiger partial charge in [0.25, 0.3) is 5.72 Å². The summed E-state index contributed by atoms with van der Waals surface area (Å²) in [7, 11) is -0.466. The van der Waals surface area contributed by atoms with Gasteiger partial charge in [-0.1, -0.05) is 11.6 Å². The maximum Gasteiger partial charge on any atom is 0.262 e. The third kappa shape index (κ3) is 1.82. The summed E-state index contributed by atoms with van der Waals surface area (Å²) in [6.45, 7) is 6.06. The summed E-state index contributed by atoms with van der Waals surface area (Å²) in [4.78, 5) is 12.2. The van der Waals surface area contributed by atoms with Gasteiger partial charge >= 0.3 is 0 Å². The summed E-state index contributed by atoms with van der Waals surface area (Å²) in [5.41, 5.74) is -1.21. The number of aromatic nitrogens is 1. The number of carbonyl (C=O) groups excluding carboxylic acids is 1. The van der Waals surface area contributed by atoms with Gasteiger partial charge < -0.3 is 13.7 Å². The van der Waals surface area contributed by atoms with Crippen molar-refractivity contribution in [2.75, 3.05) is 7.11 Å². The third-order valence-corrected chi connectivity index (χ3v) is 3.89. The predicted molar refractivity (Wildman–Crippen MR) is 71.7 cm³/mol. The molecule has 1 aromatic heterocycles. The van der Waals surface area contributed by atoms with E-state index in [0.29, 0.717) is 5.76 Å². The van der Waals surface area contributed by atoms with Crippen LogP contribution in [-0.4, -0.2) is 25.8 Å². The molecule has 0 bridgehead atoms. The molecule has 2 rings (SSSR count). The average molecular weight is 286 g/mol. The molecule has 0 radical (unpaired) electrons. The molecule has 0 aromatic carbocycles. The number of carbonyl (C=O) groups is 1. The quantitative estimate of drug-likeness (QED) is 0.799. The molecule has 0 aliphatic heterocycles. The number of nitrogens with zero attached hydrogens (tertiary/aromatic N) is 1. The molecule has 1 aromatic rings. The number of methoxy groups -OCH3 is 1. The zero-order chi connectivity index (χ0) is 13.6. The van der Waals surface area contributed by atoms with Crippen LogP contribution in [0.5, 0.6) is 0 Å². The molecule has 0 N–H and O–H groups in total. The molecule has 1 aliphatic rings. The Kier molecular flexibility index (Phi) is 3.17. The lowest BCUT2D eigenvalue weighted by atomic mass is 9.93. The highest BCUT2D eigenvalue weighted by Crippen LogP contribution is 2.46. The van der Waals surface area contributed by atoms with Crippen LogP contribution in [0.4, 0.5) is 0 Å². The van der Waals surface area contributed by atoms with Crippen molar-refractivity contribution in [3.05, 3.63) is 35.3 Å². The predicted octanol–water partition coefficient (Wildman–Crippen LogP) is 2.67. The van der Waals surface area contributed by atoms with E-state index in [-0.39, 0.29) is 10.8 Å². The van der Waals surface area contributed by atoms with Crippen molar-refractivity contribution in [1.29, 1.82) is 0 Å². The minimum Gasteiger partial charge on any atom is -0.494 e. The first-order chi connectivity index (χ1) is 8.33. The van der Waals surface area contributed by atoms with Gasteiger partial charge in [-0.05, 0) is 31.8 Å². The largest absolute Gasteiger partial charge is 0.494 e. The number of ether oxygens (including phenoxy) is 1. The normalized spacial score (nSPS) is 24.2. The molecule has 4 nitrogen and oxygen atoms in total.